The highest BCUT2D eigenvalue weighted by atomic mass is 32.2. The minimum Gasteiger partial charge on any atom is -0.469 e. The van der Waals surface area contributed by atoms with Gasteiger partial charge >= 0.3 is 5.97 Å². The van der Waals surface area contributed by atoms with Crippen molar-refractivity contribution in [2.24, 2.45) is 5.41 Å². The third-order valence-corrected chi connectivity index (χ3v) is 5.41. The van der Waals surface area contributed by atoms with Gasteiger partial charge in [-0.15, -0.1) is 11.8 Å². The number of hydrogen-bond acceptors (Lipinski definition) is 4. The summed E-state index contributed by atoms with van der Waals surface area (Å²) in [7, 11) is 1.43. The summed E-state index contributed by atoms with van der Waals surface area (Å²) in [5.41, 5.74) is 0.115. The molecule has 1 heterocycles. The number of carbonyl (C=O) groups is 2. The van der Waals surface area contributed by atoms with Crippen LogP contribution < -0.4 is 5.32 Å². The highest BCUT2D eigenvalue weighted by Gasteiger charge is 2.45. The largest absolute Gasteiger partial charge is 0.469 e. The van der Waals surface area contributed by atoms with E-state index in [1.54, 1.807) is 11.8 Å². The zero-order valence-electron chi connectivity index (χ0n) is 10.9. The first-order valence-electron chi connectivity index (χ1n) is 6.61. The Morgan fingerprint density at radius 2 is 2.28 bits per heavy atom. The van der Waals surface area contributed by atoms with Crippen LogP contribution in [0.4, 0.5) is 0 Å². The molecular weight excluding hydrogens is 250 g/mol. The van der Waals surface area contributed by atoms with E-state index in [-0.39, 0.29) is 22.5 Å². The Morgan fingerprint density at radius 1 is 1.50 bits per heavy atom. The molecule has 1 aliphatic heterocycles. The predicted molar refractivity (Wildman–Crippen MR) is 71.4 cm³/mol. The molecule has 18 heavy (non-hydrogen) atoms. The Kier molecular flexibility index (Phi) is 4.54. The van der Waals surface area contributed by atoms with Gasteiger partial charge in [-0.1, -0.05) is 6.42 Å². The summed E-state index contributed by atoms with van der Waals surface area (Å²) in [5, 5.41) is 3.02. The summed E-state index contributed by atoms with van der Waals surface area (Å²) >= 11 is 1.72. The van der Waals surface area contributed by atoms with Gasteiger partial charge in [-0.05, 0) is 31.1 Å². The first-order valence-corrected chi connectivity index (χ1v) is 7.66. The van der Waals surface area contributed by atoms with E-state index in [9.17, 15) is 9.59 Å². The van der Waals surface area contributed by atoms with Crippen molar-refractivity contribution in [3.05, 3.63) is 0 Å². The van der Waals surface area contributed by atoms with E-state index < -0.39 is 0 Å². The van der Waals surface area contributed by atoms with Gasteiger partial charge in [0.25, 0.3) is 0 Å². The Morgan fingerprint density at radius 3 is 2.94 bits per heavy atom. The maximum absolute atomic E-state index is 11.8. The van der Waals surface area contributed by atoms with Crippen LogP contribution in [0.5, 0.6) is 0 Å². The molecule has 0 radical (unpaired) electrons. The van der Waals surface area contributed by atoms with Crippen molar-refractivity contribution in [3.8, 4) is 0 Å². The van der Waals surface area contributed by atoms with Gasteiger partial charge in [0.05, 0.1) is 18.8 Å². The highest BCUT2D eigenvalue weighted by Crippen LogP contribution is 2.52. The molecule has 5 heteroatoms. The highest BCUT2D eigenvalue weighted by molar-refractivity contribution is 8.00. The van der Waals surface area contributed by atoms with Gasteiger partial charge in [-0.25, -0.2) is 0 Å². The van der Waals surface area contributed by atoms with Crippen molar-refractivity contribution in [2.75, 3.05) is 19.4 Å². The first kappa shape index (κ1) is 13.7. The van der Waals surface area contributed by atoms with E-state index in [1.165, 1.54) is 7.11 Å². The van der Waals surface area contributed by atoms with Crippen LogP contribution in [0, 0.1) is 5.41 Å². The van der Waals surface area contributed by atoms with Gasteiger partial charge < -0.3 is 10.1 Å². The smallest absolute Gasteiger partial charge is 0.306 e. The molecule has 0 aromatic heterocycles. The topological polar surface area (TPSA) is 55.4 Å². The number of methoxy groups -OCH3 is 1. The number of nitrogens with one attached hydrogen (secondary N) is 1. The Labute approximate surface area is 112 Å². The molecule has 0 bridgehead atoms. The van der Waals surface area contributed by atoms with Crippen LogP contribution in [0.3, 0.4) is 0 Å². The standard InChI is InChI=1S/C13H21NO3S/c1-17-11(15)8-13(5-6-13)9-18-10-4-2-3-7-14-12(10)16/h10H,2-9H2,1H3,(H,14,16). The van der Waals surface area contributed by atoms with Gasteiger partial charge in [-0.2, -0.15) is 0 Å². The molecule has 4 nitrogen and oxygen atoms in total. The van der Waals surface area contributed by atoms with Crippen LogP contribution in [-0.2, 0) is 14.3 Å². The van der Waals surface area contributed by atoms with Gasteiger partial charge in [0.1, 0.15) is 0 Å². The van der Waals surface area contributed by atoms with Gasteiger partial charge in [0.15, 0.2) is 0 Å². The third kappa shape index (κ3) is 3.64. The number of esters is 1. The molecule has 0 aromatic rings. The zero-order valence-corrected chi connectivity index (χ0v) is 11.7. The van der Waals surface area contributed by atoms with E-state index in [4.69, 9.17) is 4.74 Å². The summed E-state index contributed by atoms with van der Waals surface area (Å²) in [6.07, 6.45) is 5.83. The lowest BCUT2D eigenvalue weighted by Gasteiger charge is -2.17. The molecule has 1 atom stereocenters. The lowest BCUT2D eigenvalue weighted by atomic mass is 10.1. The molecule has 0 spiro atoms. The lowest BCUT2D eigenvalue weighted by molar-refractivity contribution is -0.141. The Bertz CT molecular complexity index is 328. The SMILES string of the molecule is COC(=O)CC1(CSC2CCCCNC2=O)CC1. The molecule has 1 N–H and O–H groups in total. The molecule has 1 saturated carbocycles. The molecule has 1 unspecified atom stereocenters. The molecule has 2 aliphatic rings. The molecule has 1 amide bonds. The second-order valence-corrected chi connectivity index (χ2v) is 6.53. The number of carbonyl (C=O) groups excluding carboxylic acids is 2. The first-order chi connectivity index (χ1) is 8.65. The van der Waals surface area contributed by atoms with Gasteiger partial charge in [0, 0.05) is 12.3 Å². The lowest BCUT2D eigenvalue weighted by Crippen LogP contribution is -2.31. The van der Waals surface area contributed by atoms with Crippen molar-refractivity contribution in [2.45, 2.75) is 43.8 Å². The summed E-state index contributed by atoms with van der Waals surface area (Å²) in [6.45, 7) is 0.809. The van der Waals surface area contributed by atoms with E-state index in [1.807, 2.05) is 0 Å². The van der Waals surface area contributed by atoms with Crippen LogP contribution in [-0.4, -0.2) is 36.5 Å². The van der Waals surface area contributed by atoms with E-state index in [2.05, 4.69) is 5.32 Å². The predicted octanol–water partition coefficient (Wildman–Crippen LogP) is 1.73. The van der Waals surface area contributed by atoms with Crippen LogP contribution in [0.15, 0.2) is 0 Å². The zero-order chi connectivity index (χ0) is 13.0. The Hall–Kier alpha value is -0.710. The number of amides is 1. The summed E-state index contributed by atoms with van der Waals surface area (Å²) in [6, 6.07) is 0. The van der Waals surface area contributed by atoms with Crippen LogP contribution >= 0.6 is 11.8 Å². The molecular formula is C13H21NO3S. The summed E-state index contributed by atoms with van der Waals surface area (Å²) in [5.74, 6) is 0.949. The maximum Gasteiger partial charge on any atom is 0.306 e. The van der Waals surface area contributed by atoms with Gasteiger partial charge in [-0.3, -0.25) is 9.59 Å². The average Bonchev–Trinajstić information content (AvgIpc) is 3.13. The minimum absolute atomic E-state index is 0.0719. The number of hydrogen-bond donors (Lipinski definition) is 1. The number of rotatable bonds is 5. The van der Waals surface area contributed by atoms with E-state index in [0.29, 0.717) is 6.42 Å². The molecule has 2 fully saturated rings. The second kappa shape index (κ2) is 5.95. The molecule has 102 valence electrons. The fourth-order valence-electron chi connectivity index (χ4n) is 2.27. The van der Waals surface area contributed by atoms with Crippen molar-refractivity contribution < 1.29 is 14.3 Å². The van der Waals surface area contributed by atoms with E-state index >= 15 is 0 Å². The number of thioether (sulfide) groups is 1. The van der Waals surface area contributed by atoms with Crippen LogP contribution in [0.25, 0.3) is 0 Å². The fourth-order valence-corrected chi connectivity index (χ4v) is 3.79. The third-order valence-electron chi connectivity index (χ3n) is 3.78. The quantitative estimate of drug-likeness (QED) is 0.774. The molecule has 1 aliphatic carbocycles. The normalized spacial score (nSPS) is 26.1. The minimum atomic E-state index is -0.126. The summed E-state index contributed by atoms with van der Waals surface area (Å²) in [4.78, 5) is 23.1. The average molecular weight is 271 g/mol. The molecule has 2 rings (SSSR count). The van der Waals surface area contributed by atoms with E-state index in [0.717, 1.165) is 44.4 Å². The monoisotopic (exact) mass is 271 g/mol. The van der Waals surface area contributed by atoms with Gasteiger partial charge in [0.2, 0.25) is 5.91 Å². The van der Waals surface area contributed by atoms with Crippen LogP contribution in [0.1, 0.15) is 38.5 Å². The maximum atomic E-state index is 11.8. The van der Waals surface area contributed by atoms with Crippen molar-refractivity contribution in [1.29, 1.82) is 0 Å². The molecule has 1 saturated heterocycles. The molecule has 0 aromatic carbocycles. The number of ether oxygens (including phenoxy) is 1. The van der Waals surface area contributed by atoms with Crippen LogP contribution in [0.2, 0.25) is 0 Å². The second-order valence-electron chi connectivity index (χ2n) is 5.34. The van der Waals surface area contributed by atoms with Crippen molar-refractivity contribution in [3.63, 3.8) is 0 Å². The summed E-state index contributed by atoms with van der Waals surface area (Å²) < 4.78 is 4.73. The van der Waals surface area contributed by atoms with Crippen molar-refractivity contribution >= 4 is 23.6 Å². The van der Waals surface area contributed by atoms with Crippen molar-refractivity contribution in [1.82, 2.24) is 5.32 Å². The Balaban J connectivity index is 1.79. The fraction of sp³-hybridized carbons (Fsp3) is 0.846.